The third-order valence-electron chi connectivity index (χ3n) is 4.40. The molecule has 3 nitrogen and oxygen atoms in total. The van der Waals surface area contributed by atoms with Crippen molar-refractivity contribution in [3.8, 4) is 0 Å². The Morgan fingerprint density at radius 2 is 1.89 bits per heavy atom. The molecule has 0 amide bonds. The quantitative estimate of drug-likeness (QED) is 0.735. The van der Waals surface area contributed by atoms with E-state index in [0.29, 0.717) is 10.6 Å². The van der Waals surface area contributed by atoms with Crippen molar-refractivity contribution in [3.05, 3.63) is 23.8 Å². The standard InChI is InChI=1S/C14H21NO2S/c1-9-10(2)14(3,4)8-18(16,17)13-6-5-11(15)7-12(9)13/h5-7,9-10H,8,15H2,1-4H3/t9-,10+/m0/s1. The summed E-state index contributed by atoms with van der Waals surface area (Å²) >= 11 is 0. The predicted octanol–water partition coefficient (Wildman–Crippen LogP) is 2.82. The molecule has 0 aliphatic carbocycles. The SMILES string of the molecule is C[C@@H]1c2cc(N)ccc2S(=O)(=O)CC(C)(C)[C@@H]1C. The maximum absolute atomic E-state index is 12.5. The van der Waals surface area contributed by atoms with Crippen LogP contribution in [0.5, 0.6) is 0 Å². The van der Waals surface area contributed by atoms with E-state index in [-0.39, 0.29) is 23.0 Å². The van der Waals surface area contributed by atoms with Gasteiger partial charge in [0.2, 0.25) is 0 Å². The molecule has 1 heterocycles. The molecule has 1 aliphatic heterocycles. The first-order valence-electron chi connectivity index (χ1n) is 6.27. The number of anilines is 1. The molecule has 1 aromatic carbocycles. The van der Waals surface area contributed by atoms with Gasteiger partial charge in [0.25, 0.3) is 0 Å². The van der Waals surface area contributed by atoms with Crippen molar-refractivity contribution in [2.75, 3.05) is 11.5 Å². The Labute approximate surface area is 109 Å². The monoisotopic (exact) mass is 267 g/mol. The summed E-state index contributed by atoms with van der Waals surface area (Å²) in [4.78, 5) is 0.460. The Kier molecular flexibility index (Phi) is 2.97. The Hall–Kier alpha value is -1.03. The van der Waals surface area contributed by atoms with E-state index >= 15 is 0 Å². The van der Waals surface area contributed by atoms with Crippen LogP contribution in [-0.2, 0) is 9.84 Å². The molecule has 0 saturated heterocycles. The Bertz CT molecular complexity index is 575. The van der Waals surface area contributed by atoms with E-state index in [1.165, 1.54) is 0 Å². The van der Waals surface area contributed by atoms with Crippen LogP contribution in [0.3, 0.4) is 0 Å². The summed E-state index contributed by atoms with van der Waals surface area (Å²) in [6, 6.07) is 5.14. The van der Waals surface area contributed by atoms with E-state index in [0.717, 1.165) is 5.56 Å². The molecule has 0 fully saturated rings. The fourth-order valence-corrected chi connectivity index (χ4v) is 5.13. The first-order chi connectivity index (χ1) is 8.15. The van der Waals surface area contributed by atoms with Crippen molar-refractivity contribution >= 4 is 15.5 Å². The van der Waals surface area contributed by atoms with Gasteiger partial charge in [-0.25, -0.2) is 8.42 Å². The lowest BCUT2D eigenvalue weighted by Crippen LogP contribution is -2.30. The summed E-state index contributed by atoms with van der Waals surface area (Å²) in [5, 5.41) is 0. The van der Waals surface area contributed by atoms with Crippen LogP contribution in [0.2, 0.25) is 0 Å². The van der Waals surface area contributed by atoms with E-state index in [4.69, 9.17) is 5.73 Å². The van der Waals surface area contributed by atoms with Gasteiger partial charge in [0.05, 0.1) is 10.6 Å². The van der Waals surface area contributed by atoms with E-state index in [9.17, 15) is 8.42 Å². The van der Waals surface area contributed by atoms with Crippen molar-refractivity contribution in [2.24, 2.45) is 11.3 Å². The highest BCUT2D eigenvalue weighted by Crippen LogP contribution is 2.45. The number of rotatable bonds is 0. The van der Waals surface area contributed by atoms with Gasteiger partial charge in [-0.3, -0.25) is 0 Å². The molecule has 2 N–H and O–H groups in total. The second kappa shape index (κ2) is 3.98. The molecule has 0 unspecified atom stereocenters. The van der Waals surface area contributed by atoms with Gasteiger partial charge in [-0.1, -0.05) is 27.7 Å². The smallest absolute Gasteiger partial charge is 0.179 e. The second-order valence-electron chi connectivity index (χ2n) is 6.12. The highest BCUT2D eigenvalue weighted by atomic mass is 32.2. The zero-order valence-electron chi connectivity index (χ0n) is 11.4. The largest absolute Gasteiger partial charge is 0.399 e. The second-order valence-corrected chi connectivity index (χ2v) is 8.08. The van der Waals surface area contributed by atoms with Crippen LogP contribution in [0.25, 0.3) is 0 Å². The van der Waals surface area contributed by atoms with Gasteiger partial charge in [-0.2, -0.15) is 0 Å². The predicted molar refractivity (Wildman–Crippen MR) is 74.3 cm³/mol. The highest BCUT2D eigenvalue weighted by Gasteiger charge is 2.40. The highest BCUT2D eigenvalue weighted by molar-refractivity contribution is 7.91. The van der Waals surface area contributed by atoms with Crippen LogP contribution in [0, 0.1) is 11.3 Å². The average Bonchev–Trinajstić information content (AvgIpc) is 2.28. The van der Waals surface area contributed by atoms with Crippen molar-refractivity contribution in [3.63, 3.8) is 0 Å². The first kappa shape index (κ1) is 13.4. The van der Waals surface area contributed by atoms with Crippen LogP contribution in [0.1, 0.15) is 39.2 Å². The molecule has 1 aromatic rings. The van der Waals surface area contributed by atoms with Crippen LogP contribution in [0.15, 0.2) is 23.1 Å². The molecule has 0 bridgehead atoms. The van der Waals surface area contributed by atoms with Crippen LogP contribution >= 0.6 is 0 Å². The van der Waals surface area contributed by atoms with Gasteiger partial charge in [-0.15, -0.1) is 0 Å². The van der Waals surface area contributed by atoms with E-state index in [1.807, 2.05) is 19.9 Å². The maximum atomic E-state index is 12.5. The third kappa shape index (κ3) is 2.03. The van der Waals surface area contributed by atoms with Crippen molar-refractivity contribution in [1.82, 2.24) is 0 Å². The molecule has 2 rings (SSSR count). The number of hydrogen-bond acceptors (Lipinski definition) is 3. The zero-order valence-corrected chi connectivity index (χ0v) is 12.2. The van der Waals surface area contributed by atoms with Crippen molar-refractivity contribution in [1.29, 1.82) is 0 Å². The molecule has 0 spiro atoms. The fraction of sp³-hybridized carbons (Fsp3) is 0.571. The summed E-state index contributed by atoms with van der Waals surface area (Å²) in [6.45, 7) is 8.27. The zero-order chi connectivity index (χ0) is 13.7. The normalized spacial score (nSPS) is 29.3. The molecule has 4 heteroatoms. The van der Waals surface area contributed by atoms with Crippen molar-refractivity contribution < 1.29 is 8.42 Å². The Morgan fingerprint density at radius 1 is 1.28 bits per heavy atom. The maximum Gasteiger partial charge on any atom is 0.179 e. The average molecular weight is 267 g/mol. The molecular weight excluding hydrogens is 246 g/mol. The minimum atomic E-state index is -3.22. The van der Waals surface area contributed by atoms with Gasteiger partial charge in [0.1, 0.15) is 0 Å². The molecule has 0 radical (unpaired) electrons. The molecule has 18 heavy (non-hydrogen) atoms. The first-order valence-corrected chi connectivity index (χ1v) is 7.92. The lowest BCUT2D eigenvalue weighted by molar-refractivity contribution is 0.234. The molecular formula is C14H21NO2S. The van der Waals surface area contributed by atoms with Gasteiger partial charge < -0.3 is 5.73 Å². The van der Waals surface area contributed by atoms with Crippen LogP contribution < -0.4 is 5.73 Å². The molecule has 2 atom stereocenters. The number of nitrogens with two attached hydrogens (primary N) is 1. The number of hydrogen-bond donors (Lipinski definition) is 1. The summed E-state index contributed by atoms with van der Waals surface area (Å²) in [7, 11) is -3.22. The van der Waals surface area contributed by atoms with Crippen molar-refractivity contribution in [2.45, 2.75) is 38.5 Å². The summed E-state index contributed by atoms with van der Waals surface area (Å²) < 4.78 is 24.9. The summed E-state index contributed by atoms with van der Waals surface area (Å²) in [5.74, 6) is 0.675. The van der Waals surface area contributed by atoms with Gasteiger partial charge in [0, 0.05) is 5.69 Å². The molecule has 0 saturated carbocycles. The van der Waals surface area contributed by atoms with Gasteiger partial charge >= 0.3 is 0 Å². The Balaban J connectivity index is 2.73. The topological polar surface area (TPSA) is 60.2 Å². The number of benzene rings is 1. The van der Waals surface area contributed by atoms with E-state index < -0.39 is 9.84 Å². The minimum absolute atomic E-state index is 0.191. The number of fused-ring (bicyclic) bond motifs is 1. The van der Waals surface area contributed by atoms with Crippen LogP contribution in [-0.4, -0.2) is 14.2 Å². The number of nitrogen functional groups attached to an aromatic ring is 1. The van der Waals surface area contributed by atoms with Gasteiger partial charge in [0.15, 0.2) is 9.84 Å². The molecule has 1 aliphatic rings. The fourth-order valence-electron chi connectivity index (χ4n) is 2.85. The Morgan fingerprint density at radius 3 is 2.50 bits per heavy atom. The summed E-state index contributed by atoms with van der Waals surface area (Å²) in [5.41, 5.74) is 7.07. The lowest BCUT2D eigenvalue weighted by Gasteiger charge is -2.32. The van der Waals surface area contributed by atoms with Crippen LogP contribution in [0.4, 0.5) is 5.69 Å². The van der Waals surface area contributed by atoms with E-state index in [2.05, 4.69) is 13.8 Å². The van der Waals surface area contributed by atoms with E-state index in [1.54, 1.807) is 12.1 Å². The third-order valence-corrected chi connectivity index (χ3v) is 6.57. The molecule has 0 aromatic heterocycles. The molecule has 100 valence electrons. The number of sulfone groups is 1. The minimum Gasteiger partial charge on any atom is -0.399 e. The van der Waals surface area contributed by atoms with Gasteiger partial charge in [-0.05, 0) is 41.0 Å². The summed E-state index contributed by atoms with van der Waals surface area (Å²) in [6.07, 6.45) is 0. The lowest BCUT2D eigenvalue weighted by atomic mass is 9.72.